The van der Waals surface area contributed by atoms with Gasteiger partial charge in [0, 0.05) is 37.6 Å². The summed E-state index contributed by atoms with van der Waals surface area (Å²) in [5.41, 5.74) is 6.53. The van der Waals surface area contributed by atoms with Gasteiger partial charge in [-0.15, -0.1) is 0 Å². The highest BCUT2D eigenvalue weighted by Crippen LogP contribution is 2.30. The molecule has 0 bridgehead atoms. The predicted molar refractivity (Wildman–Crippen MR) is 130 cm³/mol. The zero-order valence-corrected chi connectivity index (χ0v) is 19.7. The molecular weight excluding hydrogens is 416 g/mol. The van der Waals surface area contributed by atoms with E-state index in [2.05, 4.69) is 46.4 Å². The molecule has 0 aromatic heterocycles. The Morgan fingerprint density at radius 2 is 1.21 bits per heavy atom. The van der Waals surface area contributed by atoms with Gasteiger partial charge in [0.15, 0.2) is 0 Å². The molecule has 2 aliphatic rings. The second-order valence-electron chi connectivity index (χ2n) is 8.90. The average molecular weight is 451 g/mol. The molecule has 2 N–H and O–H groups in total. The molecule has 2 heterocycles. The van der Waals surface area contributed by atoms with Crippen LogP contribution in [0.25, 0.3) is 0 Å². The van der Waals surface area contributed by atoms with Crippen LogP contribution in [0.5, 0.6) is 0 Å². The van der Waals surface area contributed by atoms with Crippen LogP contribution in [0.1, 0.15) is 48.9 Å². The van der Waals surface area contributed by atoms with Crippen molar-refractivity contribution in [2.45, 2.75) is 52.9 Å². The fourth-order valence-electron chi connectivity index (χ4n) is 4.77. The molecular formula is C26H34N4O3. The predicted octanol–water partition coefficient (Wildman–Crippen LogP) is 3.73. The van der Waals surface area contributed by atoms with Crippen LogP contribution in [0.15, 0.2) is 36.4 Å². The van der Waals surface area contributed by atoms with E-state index >= 15 is 0 Å². The van der Waals surface area contributed by atoms with Crippen LogP contribution in [0.2, 0.25) is 0 Å². The average Bonchev–Trinajstić information content (AvgIpc) is 3.39. The smallest absolute Gasteiger partial charge is 0.250 e. The third-order valence-electron chi connectivity index (χ3n) is 6.19. The summed E-state index contributed by atoms with van der Waals surface area (Å²) in [4.78, 5) is 29.6. The molecule has 176 valence electrons. The minimum Gasteiger partial charge on any atom is -0.362 e. The lowest BCUT2D eigenvalue weighted by molar-refractivity contribution is -0.125. The van der Waals surface area contributed by atoms with Crippen molar-refractivity contribution < 1.29 is 14.3 Å². The van der Waals surface area contributed by atoms with Crippen LogP contribution in [0, 0.1) is 0 Å². The maximum atomic E-state index is 12.4. The summed E-state index contributed by atoms with van der Waals surface area (Å²) >= 11 is 0. The summed E-state index contributed by atoms with van der Waals surface area (Å²) in [6.45, 7) is 9.64. The highest BCUT2D eigenvalue weighted by molar-refractivity contribution is 5.94. The molecule has 0 radical (unpaired) electrons. The van der Waals surface area contributed by atoms with Crippen molar-refractivity contribution in [2.75, 3.05) is 36.9 Å². The third-order valence-corrected chi connectivity index (χ3v) is 6.19. The number of amides is 2. The molecule has 2 amide bonds. The quantitative estimate of drug-likeness (QED) is 0.577. The first-order chi connectivity index (χ1) is 16.1. The second-order valence-corrected chi connectivity index (χ2v) is 8.90. The lowest BCUT2D eigenvalue weighted by atomic mass is 10.1. The molecule has 0 aliphatic carbocycles. The first kappa shape index (κ1) is 23.4. The van der Waals surface area contributed by atoms with Crippen molar-refractivity contribution in [3.8, 4) is 0 Å². The highest BCUT2D eigenvalue weighted by Gasteiger charge is 2.23. The van der Waals surface area contributed by atoms with Gasteiger partial charge in [0.2, 0.25) is 11.8 Å². The van der Waals surface area contributed by atoms with Gasteiger partial charge >= 0.3 is 0 Å². The van der Waals surface area contributed by atoms with Crippen LogP contribution >= 0.6 is 0 Å². The van der Waals surface area contributed by atoms with E-state index in [9.17, 15) is 9.59 Å². The van der Waals surface area contributed by atoms with E-state index in [0.29, 0.717) is 0 Å². The fourth-order valence-corrected chi connectivity index (χ4v) is 4.77. The summed E-state index contributed by atoms with van der Waals surface area (Å²) in [6, 6.07) is 12.0. The summed E-state index contributed by atoms with van der Waals surface area (Å²) in [6.07, 6.45) is 2.21. The number of carbonyl (C=O) groups is 2. The van der Waals surface area contributed by atoms with Crippen LogP contribution in [0.4, 0.5) is 11.4 Å². The van der Waals surface area contributed by atoms with Gasteiger partial charge in [-0.25, -0.2) is 0 Å². The van der Waals surface area contributed by atoms with Gasteiger partial charge in [-0.3, -0.25) is 19.4 Å². The Balaban J connectivity index is 1.25. The van der Waals surface area contributed by atoms with E-state index in [-0.39, 0.29) is 25.0 Å². The maximum absolute atomic E-state index is 12.4. The second kappa shape index (κ2) is 10.9. The number of hydrogen-bond acceptors (Lipinski definition) is 5. The summed E-state index contributed by atoms with van der Waals surface area (Å²) < 4.78 is 5.41. The van der Waals surface area contributed by atoms with E-state index < -0.39 is 0 Å². The molecule has 0 saturated heterocycles. The van der Waals surface area contributed by atoms with Gasteiger partial charge in [-0.1, -0.05) is 38.1 Å². The molecule has 4 rings (SSSR count). The molecule has 0 spiro atoms. The molecule has 0 fully saturated rings. The molecule has 2 aromatic carbocycles. The van der Waals surface area contributed by atoms with Crippen LogP contribution < -0.4 is 10.6 Å². The van der Waals surface area contributed by atoms with Crippen LogP contribution in [-0.2, 0) is 40.5 Å². The van der Waals surface area contributed by atoms with Gasteiger partial charge in [0.1, 0.15) is 13.2 Å². The topological polar surface area (TPSA) is 73.9 Å². The zero-order chi connectivity index (χ0) is 23.2. The van der Waals surface area contributed by atoms with Crippen molar-refractivity contribution in [2.24, 2.45) is 0 Å². The first-order valence-electron chi connectivity index (χ1n) is 11.9. The normalized spacial score (nSPS) is 15.3. The molecule has 2 aromatic rings. The van der Waals surface area contributed by atoms with Gasteiger partial charge in [0.05, 0.1) is 0 Å². The van der Waals surface area contributed by atoms with Gasteiger partial charge < -0.3 is 15.4 Å². The lowest BCUT2D eigenvalue weighted by Gasteiger charge is -2.14. The molecule has 7 heteroatoms. The lowest BCUT2D eigenvalue weighted by Crippen LogP contribution is -2.25. The molecule has 0 saturated carbocycles. The SMILES string of the molecule is CCCN1Cc2cccc(NC(=O)COCC(=O)Nc3cccc4c3CN(CCC)C4)c2C1. The molecule has 2 aliphatic heterocycles. The van der Waals surface area contributed by atoms with Crippen molar-refractivity contribution in [1.82, 2.24) is 9.80 Å². The number of ether oxygens (including phenoxy) is 1. The standard InChI is InChI=1S/C26H34N4O3/c1-3-11-29-13-19-7-5-9-23(21(19)15-29)27-25(31)17-33-18-26(32)28-24-10-6-8-20-14-30(12-4-2)16-22(20)24/h5-10H,3-4,11-18H2,1-2H3,(H,27,31)(H,28,32). The van der Waals surface area contributed by atoms with E-state index in [1.54, 1.807) is 0 Å². The van der Waals surface area contributed by atoms with Gasteiger partial charge in [-0.2, -0.15) is 0 Å². The van der Waals surface area contributed by atoms with E-state index in [1.165, 1.54) is 22.3 Å². The van der Waals surface area contributed by atoms with E-state index in [1.807, 2.05) is 24.3 Å². The fraction of sp³-hybridized carbons (Fsp3) is 0.462. The van der Waals surface area contributed by atoms with E-state index in [4.69, 9.17) is 4.74 Å². The summed E-state index contributed by atoms with van der Waals surface area (Å²) in [5.74, 6) is -0.498. The third kappa shape index (κ3) is 5.79. The molecule has 0 unspecified atom stereocenters. The number of benzene rings is 2. The first-order valence-corrected chi connectivity index (χ1v) is 11.9. The van der Waals surface area contributed by atoms with Gasteiger partial charge in [0.25, 0.3) is 0 Å². The summed E-state index contributed by atoms with van der Waals surface area (Å²) in [5, 5.41) is 5.90. The minimum absolute atomic E-state index is 0.160. The highest BCUT2D eigenvalue weighted by atomic mass is 16.5. The molecule has 0 atom stereocenters. The molecule has 33 heavy (non-hydrogen) atoms. The van der Waals surface area contributed by atoms with Gasteiger partial charge in [-0.05, 0) is 60.3 Å². The Hall–Kier alpha value is -2.74. The van der Waals surface area contributed by atoms with Crippen molar-refractivity contribution >= 4 is 23.2 Å². The van der Waals surface area contributed by atoms with Crippen LogP contribution in [0.3, 0.4) is 0 Å². The number of anilines is 2. The monoisotopic (exact) mass is 450 g/mol. The zero-order valence-electron chi connectivity index (χ0n) is 19.7. The summed E-state index contributed by atoms with van der Waals surface area (Å²) in [7, 11) is 0. The Morgan fingerprint density at radius 3 is 1.64 bits per heavy atom. The van der Waals surface area contributed by atoms with E-state index in [0.717, 1.165) is 63.5 Å². The number of fused-ring (bicyclic) bond motifs is 2. The Morgan fingerprint density at radius 1 is 0.758 bits per heavy atom. The number of hydrogen-bond donors (Lipinski definition) is 2. The Kier molecular flexibility index (Phi) is 7.75. The van der Waals surface area contributed by atoms with Crippen molar-refractivity contribution in [3.63, 3.8) is 0 Å². The minimum atomic E-state index is -0.249. The maximum Gasteiger partial charge on any atom is 0.250 e. The molecule has 7 nitrogen and oxygen atoms in total. The Labute approximate surface area is 196 Å². The number of nitrogens with one attached hydrogen (secondary N) is 2. The van der Waals surface area contributed by atoms with Crippen molar-refractivity contribution in [1.29, 1.82) is 0 Å². The number of carbonyl (C=O) groups excluding carboxylic acids is 2. The van der Waals surface area contributed by atoms with Crippen LogP contribution in [-0.4, -0.2) is 47.9 Å². The largest absolute Gasteiger partial charge is 0.362 e. The number of nitrogens with zero attached hydrogens (tertiary/aromatic N) is 2. The van der Waals surface area contributed by atoms with Crippen molar-refractivity contribution in [3.05, 3.63) is 58.7 Å². The number of rotatable bonds is 10. The Bertz CT molecular complexity index is 928.